The molecule has 6 nitrogen and oxygen atoms in total. The molecule has 3 rings (SSSR count). The number of piperidine rings is 1. The summed E-state index contributed by atoms with van der Waals surface area (Å²) in [6.45, 7) is 2.00. The Balaban J connectivity index is 1.57. The van der Waals surface area contributed by atoms with Gasteiger partial charge in [0.05, 0.1) is 24.3 Å². The van der Waals surface area contributed by atoms with Crippen LogP contribution in [-0.2, 0) is 4.79 Å². The molecule has 1 fully saturated rings. The lowest BCUT2D eigenvalue weighted by Gasteiger charge is -2.26. The zero-order chi connectivity index (χ0) is 15.2. The molecule has 2 aromatic rings. The number of nitrogens with zero attached hydrogens (tertiary/aromatic N) is 3. The highest BCUT2D eigenvalue weighted by Gasteiger charge is 2.13. The first-order chi connectivity index (χ1) is 10.8. The predicted octanol–water partition coefficient (Wildman–Crippen LogP) is 2.71. The van der Waals surface area contributed by atoms with Crippen LogP contribution in [0.1, 0.15) is 25.0 Å². The zero-order valence-electron chi connectivity index (χ0n) is 12.2. The minimum absolute atomic E-state index is 0.245. The summed E-state index contributed by atoms with van der Waals surface area (Å²) < 4.78 is 5.12. The lowest BCUT2D eigenvalue weighted by Crippen LogP contribution is -2.30. The molecule has 1 aliphatic heterocycles. The summed E-state index contributed by atoms with van der Waals surface area (Å²) >= 11 is 0. The zero-order valence-corrected chi connectivity index (χ0v) is 12.2. The largest absolute Gasteiger partial charge is 0.465 e. The van der Waals surface area contributed by atoms with Gasteiger partial charge in [-0.2, -0.15) is 0 Å². The fraction of sp³-hybridized carbons (Fsp3) is 0.312. The average Bonchev–Trinajstić information content (AvgIpc) is 3.08. The van der Waals surface area contributed by atoms with Gasteiger partial charge in [0, 0.05) is 19.2 Å². The van der Waals surface area contributed by atoms with Crippen molar-refractivity contribution in [2.24, 2.45) is 0 Å². The van der Waals surface area contributed by atoms with E-state index < -0.39 is 0 Å². The van der Waals surface area contributed by atoms with Gasteiger partial charge < -0.3 is 14.6 Å². The highest BCUT2D eigenvalue weighted by molar-refractivity contribution is 6.01. The van der Waals surface area contributed by atoms with Crippen LogP contribution in [0.4, 0.5) is 11.6 Å². The Morgan fingerprint density at radius 2 is 2.00 bits per heavy atom. The molecule has 1 N–H and O–H groups in total. The number of hydrogen-bond acceptors (Lipinski definition) is 5. The topological polar surface area (TPSA) is 71.3 Å². The summed E-state index contributed by atoms with van der Waals surface area (Å²) in [6, 6.07) is 3.55. The number of anilines is 2. The summed E-state index contributed by atoms with van der Waals surface area (Å²) in [4.78, 5) is 22.6. The maximum atomic E-state index is 11.8. The van der Waals surface area contributed by atoms with E-state index >= 15 is 0 Å². The van der Waals surface area contributed by atoms with Crippen LogP contribution in [0.2, 0.25) is 0 Å². The second-order valence-electron chi connectivity index (χ2n) is 5.16. The second-order valence-corrected chi connectivity index (χ2v) is 5.16. The van der Waals surface area contributed by atoms with E-state index in [1.807, 2.05) is 0 Å². The summed E-state index contributed by atoms with van der Waals surface area (Å²) in [5.41, 5.74) is 0.579. The number of rotatable bonds is 4. The SMILES string of the molecule is O=C(/C=C/c1ccco1)Nc1cnc(N2CCCCC2)nc1. The van der Waals surface area contributed by atoms with E-state index in [9.17, 15) is 4.79 Å². The first-order valence-electron chi connectivity index (χ1n) is 7.41. The molecule has 0 radical (unpaired) electrons. The van der Waals surface area contributed by atoms with Crippen LogP contribution in [0.5, 0.6) is 0 Å². The molecule has 22 heavy (non-hydrogen) atoms. The fourth-order valence-electron chi connectivity index (χ4n) is 2.37. The number of furan rings is 1. The molecule has 0 bridgehead atoms. The van der Waals surface area contributed by atoms with E-state index in [1.54, 1.807) is 36.9 Å². The summed E-state index contributed by atoms with van der Waals surface area (Å²) in [6.07, 6.45) is 11.5. The Kier molecular flexibility index (Phi) is 4.48. The average molecular weight is 298 g/mol. The third kappa shape index (κ3) is 3.72. The van der Waals surface area contributed by atoms with Gasteiger partial charge in [-0.15, -0.1) is 0 Å². The first-order valence-corrected chi connectivity index (χ1v) is 7.41. The van der Waals surface area contributed by atoms with Gasteiger partial charge in [-0.05, 0) is 37.5 Å². The van der Waals surface area contributed by atoms with Crippen molar-refractivity contribution in [2.75, 3.05) is 23.3 Å². The van der Waals surface area contributed by atoms with Gasteiger partial charge in [0.2, 0.25) is 11.9 Å². The van der Waals surface area contributed by atoms with Crippen LogP contribution in [0.15, 0.2) is 41.3 Å². The fourth-order valence-corrected chi connectivity index (χ4v) is 2.37. The highest BCUT2D eigenvalue weighted by atomic mass is 16.3. The number of nitrogens with one attached hydrogen (secondary N) is 1. The number of amides is 1. The van der Waals surface area contributed by atoms with Crippen LogP contribution in [0, 0.1) is 0 Å². The van der Waals surface area contributed by atoms with Crippen molar-refractivity contribution in [3.63, 3.8) is 0 Å². The van der Waals surface area contributed by atoms with E-state index in [0.29, 0.717) is 11.4 Å². The molecule has 1 aliphatic rings. The Labute approximate surface area is 128 Å². The van der Waals surface area contributed by atoms with E-state index in [2.05, 4.69) is 20.2 Å². The smallest absolute Gasteiger partial charge is 0.248 e. The van der Waals surface area contributed by atoms with Gasteiger partial charge in [0.1, 0.15) is 5.76 Å². The van der Waals surface area contributed by atoms with Crippen molar-refractivity contribution in [1.29, 1.82) is 0 Å². The summed E-state index contributed by atoms with van der Waals surface area (Å²) in [5.74, 6) is 1.11. The van der Waals surface area contributed by atoms with Crippen LogP contribution in [-0.4, -0.2) is 29.0 Å². The lowest BCUT2D eigenvalue weighted by atomic mass is 10.1. The van der Waals surface area contributed by atoms with Crippen molar-refractivity contribution in [3.8, 4) is 0 Å². The highest BCUT2D eigenvalue weighted by Crippen LogP contribution is 2.16. The maximum Gasteiger partial charge on any atom is 0.248 e. The van der Waals surface area contributed by atoms with Gasteiger partial charge in [-0.1, -0.05) is 0 Å². The minimum Gasteiger partial charge on any atom is -0.465 e. The van der Waals surface area contributed by atoms with E-state index in [0.717, 1.165) is 19.0 Å². The van der Waals surface area contributed by atoms with Crippen LogP contribution in [0.3, 0.4) is 0 Å². The standard InChI is InChI=1S/C16H18N4O2/c21-15(7-6-14-5-4-10-22-14)19-13-11-17-16(18-12-13)20-8-2-1-3-9-20/h4-7,10-12H,1-3,8-9H2,(H,19,21)/b7-6+. The third-order valence-electron chi connectivity index (χ3n) is 3.49. The van der Waals surface area contributed by atoms with E-state index in [1.165, 1.54) is 25.3 Å². The monoisotopic (exact) mass is 298 g/mol. The van der Waals surface area contributed by atoms with E-state index in [4.69, 9.17) is 4.42 Å². The Bertz CT molecular complexity index is 629. The maximum absolute atomic E-state index is 11.8. The molecule has 1 amide bonds. The van der Waals surface area contributed by atoms with Crippen molar-refractivity contribution >= 4 is 23.6 Å². The van der Waals surface area contributed by atoms with Crippen molar-refractivity contribution in [1.82, 2.24) is 9.97 Å². The first kappa shape index (κ1) is 14.3. The molecule has 0 unspecified atom stereocenters. The van der Waals surface area contributed by atoms with Crippen molar-refractivity contribution in [2.45, 2.75) is 19.3 Å². The van der Waals surface area contributed by atoms with Crippen LogP contribution < -0.4 is 10.2 Å². The third-order valence-corrected chi connectivity index (χ3v) is 3.49. The van der Waals surface area contributed by atoms with Gasteiger partial charge in [-0.3, -0.25) is 4.79 Å². The van der Waals surface area contributed by atoms with Gasteiger partial charge in [0.15, 0.2) is 0 Å². The quantitative estimate of drug-likeness (QED) is 0.879. The molecule has 0 aromatic carbocycles. The molecule has 0 aliphatic carbocycles. The molecule has 114 valence electrons. The van der Waals surface area contributed by atoms with Gasteiger partial charge in [0.25, 0.3) is 0 Å². The minimum atomic E-state index is -0.245. The van der Waals surface area contributed by atoms with Gasteiger partial charge >= 0.3 is 0 Å². The normalized spacial score (nSPS) is 15.2. The van der Waals surface area contributed by atoms with Gasteiger partial charge in [-0.25, -0.2) is 9.97 Å². The Hall–Kier alpha value is -2.63. The van der Waals surface area contributed by atoms with Crippen LogP contribution >= 0.6 is 0 Å². The summed E-state index contributed by atoms with van der Waals surface area (Å²) in [5, 5.41) is 2.72. The predicted molar refractivity (Wildman–Crippen MR) is 84.5 cm³/mol. The molecule has 1 saturated heterocycles. The summed E-state index contributed by atoms with van der Waals surface area (Å²) in [7, 11) is 0. The number of carbonyl (C=O) groups excluding carboxylic acids is 1. The lowest BCUT2D eigenvalue weighted by molar-refractivity contribution is -0.111. The number of aromatic nitrogens is 2. The van der Waals surface area contributed by atoms with E-state index in [-0.39, 0.29) is 5.91 Å². The molecular weight excluding hydrogens is 280 g/mol. The molecular formula is C16H18N4O2. The second kappa shape index (κ2) is 6.89. The number of carbonyl (C=O) groups is 1. The number of hydrogen-bond donors (Lipinski definition) is 1. The molecule has 3 heterocycles. The molecule has 6 heteroatoms. The van der Waals surface area contributed by atoms with Crippen LogP contribution in [0.25, 0.3) is 6.08 Å². The Morgan fingerprint density at radius 3 is 2.68 bits per heavy atom. The molecule has 0 spiro atoms. The molecule has 0 atom stereocenters. The van der Waals surface area contributed by atoms with Crippen molar-refractivity contribution < 1.29 is 9.21 Å². The Morgan fingerprint density at radius 1 is 1.23 bits per heavy atom. The molecule has 0 saturated carbocycles. The van der Waals surface area contributed by atoms with Crippen molar-refractivity contribution in [3.05, 3.63) is 42.6 Å². The molecule has 2 aromatic heterocycles.